The molecule has 0 aliphatic rings. The normalized spacial score (nSPS) is 9.92. The predicted molar refractivity (Wildman–Crippen MR) is 40.6 cm³/mol. The summed E-state index contributed by atoms with van der Waals surface area (Å²) in [4.78, 5) is 14.0. The summed E-state index contributed by atoms with van der Waals surface area (Å²) < 4.78 is 12.9. The van der Waals surface area contributed by atoms with Crippen LogP contribution in [0, 0.1) is 19.7 Å². The second kappa shape index (κ2) is 2.89. The summed E-state index contributed by atoms with van der Waals surface area (Å²) in [6, 6.07) is 1.21. The molecule has 3 nitrogen and oxygen atoms in total. The van der Waals surface area contributed by atoms with Crippen LogP contribution in [0.5, 0.6) is 0 Å². The number of pyridine rings is 1. The maximum Gasteiger partial charge on any atom is 0.354 e. The van der Waals surface area contributed by atoms with Crippen molar-refractivity contribution in [3.8, 4) is 0 Å². The van der Waals surface area contributed by atoms with Gasteiger partial charge in [-0.3, -0.25) is 0 Å². The molecule has 1 heterocycles. The second-order valence-corrected chi connectivity index (χ2v) is 2.53. The molecule has 0 aromatic carbocycles. The first kappa shape index (κ1) is 8.64. The van der Waals surface area contributed by atoms with Gasteiger partial charge in [0.15, 0.2) is 0 Å². The summed E-state index contributed by atoms with van der Waals surface area (Å²) in [6.07, 6.45) is 0. The summed E-state index contributed by atoms with van der Waals surface area (Å²) in [6.45, 7) is 2.95. The minimum atomic E-state index is -1.14. The van der Waals surface area contributed by atoms with E-state index in [1.165, 1.54) is 19.9 Å². The number of hydrogen-bond acceptors (Lipinski definition) is 2. The number of aromatic nitrogens is 1. The Morgan fingerprint density at radius 3 is 2.58 bits per heavy atom. The minimum absolute atomic E-state index is 0.118. The Labute approximate surface area is 68.9 Å². The molecule has 1 aromatic heterocycles. The fourth-order valence-corrected chi connectivity index (χ4v) is 0.925. The molecule has 0 spiro atoms. The number of aryl methyl sites for hydroxylation is 2. The Kier molecular flexibility index (Phi) is 2.08. The summed E-state index contributed by atoms with van der Waals surface area (Å²) in [5.74, 6) is -1.58. The number of aromatic carboxylic acids is 1. The van der Waals surface area contributed by atoms with Gasteiger partial charge < -0.3 is 5.11 Å². The van der Waals surface area contributed by atoms with E-state index in [1.54, 1.807) is 0 Å². The third-order valence-electron chi connectivity index (χ3n) is 1.52. The number of carboxylic acids is 1. The number of nitrogens with zero attached hydrogens (tertiary/aromatic N) is 1. The molecule has 64 valence electrons. The third kappa shape index (κ3) is 1.42. The standard InChI is InChI=1S/C8H8FNO2/c1-4-3-6(8(11)12)10-5(2)7(4)9/h3H,1-2H3,(H,11,12). The van der Waals surface area contributed by atoms with Crippen LogP contribution < -0.4 is 0 Å². The third-order valence-corrected chi connectivity index (χ3v) is 1.52. The average molecular weight is 169 g/mol. The van der Waals surface area contributed by atoms with Crippen LogP contribution in [0.2, 0.25) is 0 Å². The Morgan fingerprint density at radius 2 is 2.17 bits per heavy atom. The van der Waals surface area contributed by atoms with E-state index < -0.39 is 11.8 Å². The van der Waals surface area contributed by atoms with Crippen LogP contribution in [0.1, 0.15) is 21.7 Å². The fraction of sp³-hybridized carbons (Fsp3) is 0.250. The molecule has 0 unspecified atom stereocenters. The van der Waals surface area contributed by atoms with E-state index in [-0.39, 0.29) is 11.4 Å². The molecule has 0 aliphatic carbocycles. The van der Waals surface area contributed by atoms with E-state index in [1.807, 2.05) is 0 Å². The van der Waals surface area contributed by atoms with Crippen molar-refractivity contribution < 1.29 is 14.3 Å². The Balaban J connectivity index is 3.31. The Hall–Kier alpha value is -1.45. The van der Waals surface area contributed by atoms with Gasteiger partial charge in [0.2, 0.25) is 0 Å². The van der Waals surface area contributed by atoms with E-state index in [4.69, 9.17) is 5.11 Å². The van der Waals surface area contributed by atoms with Crippen LogP contribution in [0.25, 0.3) is 0 Å². The van der Waals surface area contributed by atoms with Crippen LogP contribution >= 0.6 is 0 Å². The smallest absolute Gasteiger partial charge is 0.354 e. The van der Waals surface area contributed by atoms with Crippen molar-refractivity contribution in [3.63, 3.8) is 0 Å². The summed E-state index contributed by atoms with van der Waals surface area (Å²) >= 11 is 0. The summed E-state index contributed by atoms with van der Waals surface area (Å²) in [5, 5.41) is 8.54. The number of carboxylic acid groups (broad SMARTS) is 1. The first-order valence-electron chi connectivity index (χ1n) is 3.39. The molecule has 0 aliphatic heterocycles. The lowest BCUT2D eigenvalue weighted by atomic mass is 10.2. The van der Waals surface area contributed by atoms with Crippen LogP contribution in [0.3, 0.4) is 0 Å². The topological polar surface area (TPSA) is 50.2 Å². The van der Waals surface area contributed by atoms with Crippen LogP contribution in [-0.4, -0.2) is 16.1 Å². The molecule has 1 N–H and O–H groups in total. The zero-order chi connectivity index (χ0) is 9.30. The highest BCUT2D eigenvalue weighted by molar-refractivity contribution is 5.85. The zero-order valence-corrected chi connectivity index (χ0v) is 6.76. The highest BCUT2D eigenvalue weighted by atomic mass is 19.1. The molecule has 1 rings (SSSR count). The maximum absolute atomic E-state index is 12.9. The van der Waals surface area contributed by atoms with Gasteiger partial charge in [0, 0.05) is 0 Å². The molecule has 0 fully saturated rings. The lowest BCUT2D eigenvalue weighted by Gasteiger charge is -2.01. The van der Waals surface area contributed by atoms with E-state index in [0.29, 0.717) is 5.56 Å². The van der Waals surface area contributed by atoms with Crippen molar-refractivity contribution in [1.29, 1.82) is 0 Å². The fourth-order valence-electron chi connectivity index (χ4n) is 0.925. The van der Waals surface area contributed by atoms with E-state index >= 15 is 0 Å². The van der Waals surface area contributed by atoms with Gasteiger partial charge in [0.25, 0.3) is 0 Å². The number of halogens is 1. The molecule has 0 amide bonds. The molecule has 0 saturated heterocycles. The Bertz CT molecular complexity index is 313. The molecule has 4 heteroatoms. The predicted octanol–water partition coefficient (Wildman–Crippen LogP) is 1.54. The van der Waals surface area contributed by atoms with Crippen molar-refractivity contribution >= 4 is 5.97 Å². The number of hydrogen-bond donors (Lipinski definition) is 1. The van der Waals surface area contributed by atoms with Gasteiger partial charge in [-0.2, -0.15) is 0 Å². The van der Waals surface area contributed by atoms with Gasteiger partial charge in [0.1, 0.15) is 11.5 Å². The van der Waals surface area contributed by atoms with Gasteiger partial charge in [-0.25, -0.2) is 14.2 Å². The first-order valence-corrected chi connectivity index (χ1v) is 3.39. The molecular weight excluding hydrogens is 161 g/mol. The highest BCUT2D eigenvalue weighted by Crippen LogP contribution is 2.10. The molecular formula is C8H8FNO2. The van der Waals surface area contributed by atoms with Gasteiger partial charge >= 0.3 is 5.97 Å². The number of carbonyl (C=O) groups is 1. The van der Waals surface area contributed by atoms with Gasteiger partial charge in [-0.05, 0) is 25.5 Å². The van der Waals surface area contributed by atoms with Crippen LogP contribution in [0.4, 0.5) is 4.39 Å². The summed E-state index contributed by atoms with van der Waals surface area (Å²) in [5.41, 5.74) is 0.304. The SMILES string of the molecule is Cc1cc(C(=O)O)nc(C)c1F. The zero-order valence-electron chi connectivity index (χ0n) is 6.76. The average Bonchev–Trinajstić information content (AvgIpc) is 1.99. The monoisotopic (exact) mass is 169 g/mol. The lowest BCUT2D eigenvalue weighted by molar-refractivity contribution is 0.0690. The van der Waals surface area contributed by atoms with Crippen molar-refractivity contribution in [1.82, 2.24) is 4.98 Å². The van der Waals surface area contributed by atoms with Crippen LogP contribution in [-0.2, 0) is 0 Å². The molecule has 1 aromatic rings. The lowest BCUT2D eigenvalue weighted by Crippen LogP contribution is -2.04. The van der Waals surface area contributed by atoms with Crippen molar-refractivity contribution in [2.45, 2.75) is 13.8 Å². The molecule has 0 radical (unpaired) electrons. The van der Waals surface area contributed by atoms with Gasteiger partial charge in [-0.1, -0.05) is 0 Å². The molecule has 0 saturated carbocycles. The quantitative estimate of drug-likeness (QED) is 0.693. The molecule has 0 atom stereocenters. The highest BCUT2D eigenvalue weighted by Gasteiger charge is 2.10. The molecule has 0 bridgehead atoms. The minimum Gasteiger partial charge on any atom is -0.477 e. The maximum atomic E-state index is 12.9. The van der Waals surface area contributed by atoms with Crippen LogP contribution in [0.15, 0.2) is 6.07 Å². The summed E-state index contributed by atoms with van der Waals surface area (Å²) in [7, 11) is 0. The Morgan fingerprint density at radius 1 is 1.58 bits per heavy atom. The van der Waals surface area contributed by atoms with E-state index in [0.717, 1.165) is 0 Å². The second-order valence-electron chi connectivity index (χ2n) is 2.53. The van der Waals surface area contributed by atoms with Crippen molar-refractivity contribution in [3.05, 3.63) is 28.8 Å². The van der Waals surface area contributed by atoms with E-state index in [2.05, 4.69) is 4.98 Å². The largest absolute Gasteiger partial charge is 0.477 e. The van der Waals surface area contributed by atoms with Crippen molar-refractivity contribution in [2.24, 2.45) is 0 Å². The number of rotatable bonds is 1. The van der Waals surface area contributed by atoms with Crippen molar-refractivity contribution in [2.75, 3.05) is 0 Å². The molecule has 12 heavy (non-hydrogen) atoms. The van der Waals surface area contributed by atoms with E-state index in [9.17, 15) is 9.18 Å². The first-order chi connectivity index (χ1) is 5.52. The van der Waals surface area contributed by atoms with Gasteiger partial charge in [0.05, 0.1) is 5.69 Å². The van der Waals surface area contributed by atoms with Gasteiger partial charge in [-0.15, -0.1) is 0 Å².